The normalized spacial score (nSPS) is 30.1. The molecule has 0 radical (unpaired) electrons. The maximum absolute atomic E-state index is 13.4. The van der Waals surface area contributed by atoms with E-state index in [2.05, 4.69) is 0 Å². The van der Waals surface area contributed by atoms with Crippen LogP contribution in [0.3, 0.4) is 0 Å². The van der Waals surface area contributed by atoms with E-state index in [0.717, 1.165) is 11.6 Å². The van der Waals surface area contributed by atoms with Crippen molar-refractivity contribution in [1.82, 2.24) is 0 Å². The zero-order valence-electron chi connectivity index (χ0n) is 7.90. The second kappa shape index (κ2) is 3.59. The third-order valence-corrected chi connectivity index (χ3v) is 2.32. The SMILES string of the molecule is OC1(F)C=CC(c2ccccc2)C(F)=C1. The lowest BCUT2D eigenvalue weighted by Gasteiger charge is -2.20. The number of allylic oxidation sites excluding steroid dienone is 2. The van der Waals surface area contributed by atoms with E-state index in [9.17, 15) is 8.78 Å². The van der Waals surface area contributed by atoms with Crippen LogP contribution in [0.1, 0.15) is 11.5 Å². The third-order valence-electron chi connectivity index (χ3n) is 2.32. The Balaban J connectivity index is 2.32. The van der Waals surface area contributed by atoms with Crippen LogP contribution in [0.5, 0.6) is 0 Å². The van der Waals surface area contributed by atoms with Crippen molar-refractivity contribution in [2.24, 2.45) is 0 Å². The van der Waals surface area contributed by atoms with Crippen molar-refractivity contribution in [1.29, 1.82) is 0 Å². The van der Waals surface area contributed by atoms with E-state index in [1.54, 1.807) is 24.3 Å². The van der Waals surface area contributed by atoms with Gasteiger partial charge in [0, 0.05) is 6.08 Å². The highest BCUT2D eigenvalue weighted by molar-refractivity contribution is 5.36. The van der Waals surface area contributed by atoms with E-state index < -0.39 is 17.6 Å². The number of hydrogen-bond acceptors (Lipinski definition) is 1. The molecule has 0 spiro atoms. The number of alkyl halides is 1. The van der Waals surface area contributed by atoms with Gasteiger partial charge in [0.1, 0.15) is 5.83 Å². The Labute approximate surface area is 86.4 Å². The smallest absolute Gasteiger partial charge is 0.248 e. The van der Waals surface area contributed by atoms with Gasteiger partial charge in [-0.15, -0.1) is 0 Å². The molecule has 0 aromatic heterocycles. The summed E-state index contributed by atoms with van der Waals surface area (Å²) in [6.45, 7) is 0. The molecule has 1 N–H and O–H groups in total. The molecule has 78 valence electrons. The average Bonchev–Trinajstić information content (AvgIpc) is 2.17. The summed E-state index contributed by atoms with van der Waals surface area (Å²) in [5, 5.41) is 8.94. The molecule has 2 unspecified atom stereocenters. The van der Waals surface area contributed by atoms with Crippen molar-refractivity contribution in [3.8, 4) is 0 Å². The summed E-state index contributed by atoms with van der Waals surface area (Å²) in [6.07, 6.45) is 2.86. The lowest BCUT2D eigenvalue weighted by molar-refractivity contribution is 0.00257. The van der Waals surface area contributed by atoms with E-state index in [-0.39, 0.29) is 0 Å². The minimum atomic E-state index is -2.66. The Morgan fingerprint density at radius 2 is 1.87 bits per heavy atom. The molecule has 1 aromatic carbocycles. The van der Waals surface area contributed by atoms with Gasteiger partial charge in [-0.1, -0.05) is 36.4 Å². The first-order valence-electron chi connectivity index (χ1n) is 4.62. The monoisotopic (exact) mass is 208 g/mol. The largest absolute Gasteiger partial charge is 0.355 e. The summed E-state index contributed by atoms with van der Waals surface area (Å²) < 4.78 is 26.4. The maximum atomic E-state index is 13.4. The zero-order valence-corrected chi connectivity index (χ0v) is 7.90. The van der Waals surface area contributed by atoms with Crippen LogP contribution < -0.4 is 0 Å². The summed E-state index contributed by atoms with van der Waals surface area (Å²) in [7, 11) is 0. The molecule has 0 fully saturated rings. The number of rotatable bonds is 1. The summed E-state index contributed by atoms with van der Waals surface area (Å²) in [5.74, 6) is -3.93. The number of aliphatic hydroxyl groups is 1. The van der Waals surface area contributed by atoms with Gasteiger partial charge >= 0.3 is 0 Å². The summed E-state index contributed by atoms with van der Waals surface area (Å²) >= 11 is 0. The van der Waals surface area contributed by atoms with Gasteiger partial charge in [0.15, 0.2) is 0 Å². The summed E-state index contributed by atoms with van der Waals surface area (Å²) in [5.41, 5.74) is 0.734. The minimum absolute atomic E-state index is 0.588. The van der Waals surface area contributed by atoms with Gasteiger partial charge in [-0.2, -0.15) is 0 Å². The minimum Gasteiger partial charge on any atom is -0.355 e. The molecule has 3 heteroatoms. The molecule has 0 aliphatic heterocycles. The fraction of sp³-hybridized carbons (Fsp3) is 0.167. The molecule has 0 saturated carbocycles. The number of halogens is 2. The zero-order chi connectivity index (χ0) is 10.9. The molecule has 0 bridgehead atoms. The fourth-order valence-corrected chi connectivity index (χ4v) is 1.59. The third kappa shape index (κ3) is 2.13. The Hall–Kier alpha value is -1.48. The van der Waals surface area contributed by atoms with Crippen LogP contribution in [0.2, 0.25) is 0 Å². The Morgan fingerprint density at radius 3 is 2.47 bits per heavy atom. The topological polar surface area (TPSA) is 20.2 Å². The Morgan fingerprint density at radius 1 is 1.20 bits per heavy atom. The summed E-state index contributed by atoms with van der Waals surface area (Å²) in [4.78, 5) is 0. The molecule has 1 aromatic rings. The van der Waals surface area contributed by atoms with Crippen molar-refractivity contribution < 1.29 is 13.9 Å². The average molecular weight is 208 g/mol. The molecule has 2 atom stereocenters. The van der Waals surface area contributed by atoms with Crippen LogP contribution in [0.15, 0.2) is 54.4 Å². The Bertz CT molecular complexity index is 407. The van der Waals surface area contributed by atoms with E-state index in [1.807, 2.05) is 6.07 Å². The van der Waals surface area contributed by atoms with Gasteiger partial charge in [-0.05, 0) is 11.6 Å². The molecule has 1 nitrogen and oxygen atoms in total. The summed E-state index contributed by atoms with van der Waals surface area (Å²) in [6, 6.07) is 8.90. The first-order valence-corrected chi connectivity index (χ1v) is 4.62. The van der Waals surface area contributed by atoms with Gasteiger partial charge in [-0.25, -0.2) is 8.78 Å². The molecule has 0 saturated heterocycles. The first-order chi connectivity index (χ1) is 7.08. The Kier molecular flexibility index (Phi) is 2.40. The van der Waals surface area contributed by atoms with Crippen LogP contribution in [-0.4, -0.2) is 11.0 Å². The van der Waals surface area contributed by atoms with Gasteiger partial charge in [-0.3, -0.25) is 0 Å². The van der Waals surface area contributed by atoms with Gasteiger partial charge in [0.2, 0.25) is 5.85 Å². The molecule has 0 amide bonds. The molecule has 15 heavy (non-hydrogen) atoms. The molecular weight excluding hydrogens is 198 g/mol. The lowest BCUT2D eigenvalue weighted by atomic mass is 9.92. The molecular formula is C12H10F2O. The second-order valence-electron chi connectivity index (χ2n) is 3.50. The number of hydrogen-bond donors (Lipinski definition) is 1. The quantitative estimate of drug-likeness (QED) is 0.703. The van der Waals surface area contributed by atoms with Crippen LogP contribution in [0.4, 0.5) is 8.78 Å². The van der Waals surface area contributed by atoms with Crippen molar-refractivity contribution in [3.05, 3.63) is 60.0 Å². The van der Waals surface area contributed by atoms with Crippen LogP contribution >= 0.6 is 0 Å². The van der Waals surface area contributed by atoms with Gasteiger partial charge < -0.3 is 5.11 Å². The van der Waals surface area contributed by atoms with Crippen molar-refractivity contribution in [3.63, 3.8) is 0 Å². The van der Waals surface area contributed by atoms with Gasteiger partial charge in [0.05, 0.1) is 5.92 Å². The standard InChI is InChI=1S/C12H10F2O/c13-11-8-12(14,15)7-6-10(11)9-4-2-1-3-5-9/h1-8,10,15H. The fourth-order valence-electron chi connectivity index (χ4n) is 1.59. The van der Waals surface area contributed by atoms with Crippen molar-refractivity contribution in [2.45, 2.75) is 11.8 Å². The predicted octanol–water partition coefficient (Wildman–Crippen LogP) is 2.85. The number of benzene rings is 1. The molecule has 2 rings (SSSR count). The molecule has 1 aliphatic rings. The highest BCUT2D eigenvalue weighted by Gasteiger charge is 2.28. The maximum Gasteiger partial charge on any atom is 0.248 e. The van der Waals surface area contributed by atoms with Crippen LogP contribution in [0.25, 0.3) is 0 Å². The van der Waals surface area contributed by atoms with E-state index in [4.69, 9.17) is 5.11 Å². The van der Waals surface area contributed by atoms with E-state index >= 15 is 0 Å². The predicted molar refractivity (Wildman–Crippen MR) is 53.6 cm³/mol. The first kappa shape index (κ1) is 10.1. The highest BCUT2D eigenvalue weighted by Crippen LogP contribution is 2.33. The van der Waals surface area contributed by atoms with E-state index in [1.165, 1.54) is 6.08 Å². The van der Waals surface area contributed by atoms with Crippen LogP contribution in [0, 0.1) is 0 Å². The van der Waals surface area contributed by atoms with Crippen molar-refractivity contribution in [2.75, 3.05) is 0 Å². The molecule has 1 aliphatic carbocycles. The molecule has 0 heterocycles. The second-order valence-corrected chi connectivity index (χ2v) is 3.50. The van der Waals surface area contributed by atoms with E-state index in [0.29, 0.717) is 6.08 Å². The lowest BCUT2D eigenvalue weighted by Crippen LogP contribution is -2.20. The van der Waals surface area contributed by atoms with Crippen LogP contribution in [-0.2, 0) is 0 Å². The highest BCUT2D eigenvalue weighted by atomic mass is 19.2. The van der Waals surface area contributed by atoms with Gasteiger partial charge in [0.25, 0.3) is 0 Å². The van der Waals surface area contributed by atoms with Crippen molar-refractivity contribution >= 4 is 0 Å².